The zero-order valence-corrected chi connectivity index (χ0v) is 21.3. The molecule has 0 radical (unpaired) electrons. The molecule has 1 aliphatic heterocycles. The summed E-state index contributed by atoms with van der Waals surface area (Å²) in [5, 5.41) is 11.5. The van der Waals surface area contributed by atoms with Crippen LogP contribution in [0.1, 0.15) is 29.2 Å². The van der Waals surface area contributed by atoms with Gasteiger partial charge in [-0.25, -0.2) is 13.6 Å². The highest BCUT2D eigenvalue weighted by Gasteiger charge is 2.36. The van der Waals surface area contributed by atoms with Crippen LogP contribution in [0.15, 0.2) is 30.3 Å². The summed E-state index contributed by atoms with van der Waals surface area (Å²) in [6.45, 7) is 5.65. The van der Waals surface area contributed by atoms with E-state index in [1.54, 1.807) is 18.2 Å². The number of Topliss-reactive ketones (excluding diaryl/α,β-unsaturated/α-hetero) is 1. The standard InChI is InChI=1S/C25H30F2N2O5Si/c1-34-17-5-6-18-16(14-17)8-10-29(25(33)28-9-7-22(31)32)23(18)21(30)13-15-11-19(26)24(20(27)12-15)35(2,3)4/h5-6,11-12,14,23H,7-10,13H2,1-4H3,(H,28,33)(H,31,32)/t23-/m1/s1. The fraction of sp³-hybridized carbons (Fsp3) is 0.400. The fourth-order valence-corrected chi connectivity index (χ4v) is 5.99. The lowest BCUT2D eigenvalue weighted by molar-refractivity contribution is -0.136. The van der Waals surface area contributed by atoms with Gasteiger partial charge in [0.25, 0.3) is 0 Å². The van der Waals surface area contributed by atoms with Crippen molar-refractivity contribution < 1.29 is 33.0 Å². The second kappa shape index (κ2) is 10.6. The number of methoxy groups -OCH3 is 1. The monoisotopic (exact) mass is 504 g/mol. The second-order valence-electron chi connectivity index (χ2n) is 9.61. The van der Waals surface area contributed by atoms with Crippen LogP contribution >= 0.6 is 0 Å². The lowest BCUT2D eigenvalue weighted by Gasteiger charge is -2.36. The van der Waals surface area contributed by atoms with Crippen molar-refractivity contribution in [1.29, 1.82) is 0 Å². The van der Waals surface area contributed by atoms with Crippen molar-refractivity contribution in [2.45, 2.75) is 44.9 Å². The van der Waals surface area contributed by atoms with Crippen LogP contribution in [-0.2, 0) is 22.4 Å². The molecule has 3 rings (SSSR count). The van der Waals surface area contributed by atoms with Crippen LogP contribution in [0.3, 0.4) is 0 Å². The van der Waals surface area contributed by atoms with Gasteiger partial charge in [0.05, 0.1) is 21.6 Å². The molecule has 2 aromatic carbocycles. The van der Waals surface area contributed by atoms with Crippen molar-refractivity contribution in [1.82, 2.24) is 10.2 Å². The zero-order chi connectivity index (χ0) is 25.9. The lowest BCUT2D eigenvalue weighted by Crippen LogP contribution is -2.48. The number of nitrogens with zero attached hydrogens (tertiary/aromatic N) is 1. The number of amides is 2. The first-order valence-electron chi connectivity index (χ1n) is 11.4. The molecule has 0 bridgehead atoms. The van der Waals surface area contributed by atoms with E-state index in [2.05, 4.69) is 5.32 Å². The van der Waals surface area contributed by atoms with E-state index in [1.807, 2.05) is 19.6 Å². The molecule has 188 valence electrons. The molecule has 1 heterocycles. The number of benzene rings is 2. The minimum atomic E-state index is -2.27. The summed E-state index contributed by atoms with van der Waals surface area (Å²) < 4.78 is 34.8. The third-order valence-electron chi connectivity index (χ3n) is 5.99. The van der Waals surface area contributed by atoms with Crippen molar-refractivity contribution in [3.63, 3.8) is 0 Å². The Kier molecular flexibility index (Phi) is 7.94. The lowest BCUT2D eigenvalue weighted by atomic mass is 9.88. The number of hydrogen-bond acceptors (Lipinski definition) is 4. The maximum atomic E-state index is 14.8. The Balaban J connectivity index is 1.93. The summed E-state index contributed by atoms with van der Waals surface area (Å²) in [6, 6.07) is 6.04. The number of ketones is 1. The third-order valence-corrected chi connectivity index (χ3v) is 7.97. The maximum absolute atomic E-state index is 14.8. The summed E-state index contributed by atoms with van der Waals surface area (Å²) in [6.07, 6.45) is -0.0559. The van der Waals surface area contributed by atoms with Gasteiger partial charge in [-0.05, 0) is 47.4 Å². The SMILES string of the molecule is COc1ccc2c(c1)CCN(C(=O)NCCC(=O)O)[C@H]2C(=O)Cc1cc(F)c([Si](C)(C)C)c(F)c1. The van der Waals surface area contributed by atoms with E-state index in [-0.39, 0.29) is 36.7 Å². The Bertz CT molecular complexity index is 1130. The Morgan fingerprint density at radius 3 is 2.37 bits per heavy atom. The molecule has 0 spiro atoms. The van der Waals surface area contributed by atoms with Crippen molar-refractivity contribution in [3.05, 3.63) is 58.7 Å². The van der Waals surface area contributed by atoms with Gasteiger partial charge in [0, 0.05) is 24.7 Å². The number of carbonyl (C=O) groups excluding carboxylic acids is 2. The van der Waals surface area contributed by atoms with Gasteiger partial charge in [0.15, 0.2) is 5.78 Å². The summed E-state index contributed by atoms with van der Waals surface area (Å²) in [5.74, 6) is -2.17. The van der Waals surface area contributed by atoms with Gasteiger partial charge in [-0.1, -0.05) is 25.7 Å². The van der Waals surface area contributed by atoms with Crippen LogP contribution < -0.4 is 15.2 Å². The molecule has 0 saturated carbocycles. The molecular weight excluding hydrogens is 474 g/mol. The zero-order valence-electron chi connectivity index (χ0n) is 20.3. The summed E-state index contributed by atoms with van der Waals surface area (Å²) in [5.41, 5.74) is 1.64. The highest BCUT2D eigenvalue weighted by Crippen LogP contribution is 2.34. The molecule has 0 saturated heterocycles. The number of carboxylic acid groups (broad SMARTS) is 1. The van der Waals surface area contributed by atoms with E-state index >= 15 is 0 Å². The highest BCUT2D eigenvalue weighted by molar-refractivity contribution is 6.88. The summed E-state index contributed by atoms with van der Waals surface area (Å²) in [7, 11) is -0.740. The Labute approximate surface area is 204 Å². The van der Waals surface area contributed by atoms with Crippen molar-refractivity contribution in [2.75, 3.05) is 20.2 Å². The van der Waals surface area contributed by atoms with Gasteiger partial charge in [-0.2, -0.15) is 0 Å². The van der Waals surface area contributed by atoms with Crippen molar-refractivity contribution in [2.24, 2.45) is 0 Å². The molecule has 1 aliphatic rings. The smallest absolute Gasteiger partial charge is 0.318 e. The normalized spacial score (nSPS) is 15.4. The fourth-order valence-electron chi connectivity index (χ4n) is 4.42. The Hall–Kier alpha value is -3.27. The first-order chi connectivity index (χ1) is 16.4. The first kappa shape index (κ1) is 26.3. The first-order valence-corrected chi connectivity index (χ1v) is 14.9. The van der Waals surface area contributed by atoms with Crippen LogP contribution in [0.25, 0.3) is 0 Å². The topological polar surface area (TPSA) is 95.9 Å². The van der Waals surface area contributed by atoms with Crippen LogP contribution in [-0.4, -0.2) is 56.1 Å². The van der Waals surface area contributed by atoms with Gasteiger partial charge >= 0.3 is 12.0 Å². The molecule has 1 atom stereocenters. The molecule has 0 aromatic heterocycles. The predicted octanol–water partition coefficient (Wildman–Crippen LogP) is 3.41. The van der Waals surface area contributed by atoms with E-state index < -0.39 is 43.5 Å². The Morgan fingerprint density at radius 2 is 1.80 bits per heavy atom. The van der Waals surface area contributed by atoms with Crippen LogP contribution in [0.5, 0.6) is 5.75 Å². The number of hydrogen-bond donors (Lipinski definition) is 2. The molecule has 2 N–H and O–H groups in total. The number of urea groups is 1. The molecule has 0 unspecified atom stereocenters. The van der Waals surface area contributed by atoms with E-state index in [0.717, 1.165) is 5.56 Å². The number of carboxylic acids is 1. The molecule has 2 aromatic rings. The quantitative estimate of drug-likeness (QED) is 0.537. The van der Waals surface area contributed by atoms with Gasteiger partial charge in [0.2, 0.25) is 0 Å². The minimum Gasteiger partial charge on any atom is -0.497 e. The molecule has 0 aliphatic carbocycles. The number of rotatable bonds is 8. The number of ether oxygens (including phenoxy) is 1. The largest absolute Gasteiger partial charge is 0.497 e. The molecule has 7 nitrogen and oxygen atoms in total. The molecule has 35 heavy (non-hydrogen) atoms. The van der Waals surface area contributed by atoms with E-state index in [4.69, 9.17) is 9.84 Å². The van der Waals surface area contributed by atoms with Crippen LogP contribution in [0.2, 0.25) is 19.6 Å². The number of nitrogens with one attached hydrogen (secondary N) is 1. The third kappa shape index (κ3) is 6.05. The van der Waals surface area contributed by atoms with Gasteiger partial charge in [0.1, 0.15) is 23.4 Å². The summed E-state index contributed by atoms with van der Waals surface area (Å²) in [4.78, 5) is 38.5. The highest BCUT2D eigenvalue weighted by atomic mass is 28.3. The summed E-state index contributed by atoms with van der Waals surface area (Å²) >= 11 is 0. The predicted molar refractivity (Wildman–Crippen MR) is 130 cm³/mol. The minimum absolute atomic E-state index is 0.0863. The maximum Gasteiger partial charge on any atom is 0.318 e. The van der Waals surface area contributed by atoms with E-state index in [1.165, 1.54) is 24.1 Å². The van der Waals surface area contributed by atoms with Crippen molar-refractivity contribution in [3.8, 4) is 5.75 Å². The molecular formula is C25H30F2N2O5Si. The van der Waals surface area contributed by atoms with Gasteiger partial charge < -0.3 is 20.1 Å². The van der Waals surface area contributed by atoms with Crippen molar-refractivity contribution >= 4 is 31.0 Å². The average Bonchev–Trinajstić information content (AvgIpc) is 2.75. The number of carbonyl (C=O) groups is 3. The van der Waals surface area contributed by atoms with Gasteiger partial charge in [-0.15, -0.1) is 0 Å². The van der Waals surface area contributed by atoms with Crippen LogP contribution in [0, 0.1) is 11.6 Å². The second-order valence-corrected chi connectivity index (χ2v) is 14.6. The molecule has 0 fully saturated rings. The Morgan fingerprint density at radius 1 is 1.14 bits per heavy atom. The number of aliphatic carboxylic acids is 1. The van der Waals surface area contributed by atoms with Crippen LogP contribution in [0.4, 0.5) is 13.6 Å². The van der Waals surface area contributed by atoms with E-state index in [0.29, 0.717) is 17.7 Å². The average molecular weight is 505 g/mol. The molecule has 10 heteroatoms. The molecule has 2 amide bonds. The van der Waals surface area contributed by atoms with Gasteiger partial charge in [-0.3, -0.25) is 9.59 Å². The number of halogens is 2. The van der Waals surface area contributed by atoms with E-state index in [9.17, 15) is 23.2 Å². The number of fused-ring (bicyclic) bond motifs is 1.